The number of esters is 1. The number of carbonyl (C=O) groups excluding carboxylic acids is 2. The summed E-state index contributed by atoms with van der Waals surface area (Å²) in [6.07, 6.45) is 1.89. The van der Waals surface area contributed by atoms with Gasteiger partial charge in [0.1, 0.15) is 0 Å². The predicted octanol–water partition coefficient (Wildman–Crippen LogP) is 4.34. The molecule has 1 atom stereocenters. The molecule has 0 saturated heterocycles. The largest absolute Gasteiger partial charge is 0.469 e. The molecule has 1 amide bonds. The highest BCUT2D eigenvalue weighted by Gasteiger charge is 2.19. The third-order valence-corrected chi connectivity index (χ3v) is 5.56. The highest BCUT2D eigenvalue weighted by atomic mass is 32.2. The summed E-state index contributed by atoms with van der Waals surface area (Å²) in [4.78, 5) is 29.0. The number of methoxy groups -OCH3 is 1. The first-order valence-electron chi connectivity index (χ1n) is 9.66. The third-order valence-electron chi connectivity index (χ3n) is 4.54. The standard InChI is InChI=1S/C23H25N3O3S/c1-15-8-10-17(11-9-15)14-24-23(28)16(2)30-21-12-18(13-22(27)29-3)25-19-6-4-5-7-20(19)26-21/h4-12,16,25H,13-14H2,1-3H3,(H,24,28). The molecule has 0 fully saturated rings. The Bertz CT molecular complexity index is 983. The van der Waals surface area contributed by atoms with Gasteiger partial charge in [-0.1, -0.05) is 53.7 Å². The number of nitrogens with one attached hydrogen (secondary N) is 2. The van der Waals surface area contributed by atoms with Crippen molar-refractivity contribution in [2.45, 2.75) is 32.1 Å². The van der Waals surface area contributed by atoms with Gasteiger partial charge in [-0.25, -0.2) is 4.99 Å². The Hall–Kier alpha value is -3.06. The van der Waals surface area contributed by atoms with Crippen molar-refractivity contribution in [3.63, 3.8) is 0 Å². The molecule has 2 N–H and O–H groups in total. The summed E-state index contributed by atoms with van der Waals surface area (Å²) in [5, 5.41) is 6.52. The van der Waals surface area contributed by atoms with Gasteiger partial charge in [-0.3, -0.25) is 9.59 Å². The lowest BCUT2D eigenvalue weighted by Gasteiger charge is -2.12. The average Bonchev–Trinajstić information content (AvgIpc) is 2.91. The number of nitrogens with zero attached hydrogens (tertiary/aromatic N) is 1. The normalized spacial score (nSPS) is 13.7. The van der Waals surface area contributed by atoms with Crippen LogP contribution in [0.2, 0.25) is 0 Å². The third kappa shape index (κ3) is 5.97. The minimum absolute atomic E-state index is 0.0725. The van der Waals surface area contributed by atoms with Crippen LogP contribution in [-0.4, -0.2) is 29.3 Å². The molecule has 0 radical (unpaired) electrons. The van der Waals surface area contributed by atoms with E-state index in [0.29, 0.717) is 17.3 Å². The van der Waals surface area contributed by atoms with E-state index in [1.807, 2.05) is 62.4 Å². The number of carbonyl (C=O) groups is 2. The maximum absolute atomic E-state index is 12.6. The van der Waals surface area contributed by atoms with Crippen molar-refractivity contribution in [3.8, 4) is 0 Å². The molecule has 0 spiro atoms. The van der Waals surface area contributed by atoms with Crippen molar-refractivity contribution in [3.05, 3.63) is 71.4 Å². The first-order valence-corrected chi connectivity index (χ1v) is 10.5. The Morgan fingerprint density at radius 2 is 1.90 bits per heavy atom. The maximum Gasteiger partial charge on any atom is 0.311 e. The average molecular weight is 424 g/mol. The van der Waals surface area contributed by atoms with Crippen LogP contribution >= 0.6 is 11.8 Å². The van der Waals surface area contributed by atoms with E-state index < -0.39 is 0 Å². The van der Waals surface area contributed by atoms with Crippen LogP contribution in [0.3, 0.4) is 0 Å². The summed E-state index contributed by atoms with van der Waals surface area (Å²) in [5.41, 5.74) is 4.47. The van der Waals surface area contributed by atoms with Crippen LogP contribution in [0.1, 0.15) is 24.5 Å². The van der Waals surface area contributed by atoms with E-state index in [0.717, 1.165) is 16.9 Å². The minimum Gasteiger partial charge on any atom is -0.469 e. The molecule has 0 bridgehead atoms. The quantitative estimate of drug-likeness (QED) is 0.676. The number of aliphatic imine (C=N–C) groups is 1. The zero-order valence-corrected chi connectivity index (χ0v) is 18.1. The summed E-state index contributed by atoms with van der Waals surface area (Å²) < 4.78 is 4.79. The van der Waals surface area contributed by atoms with Crippen LogP contribution in [0, 0.1) is 6.92 Å². The van der Waals surface area contributed by atoms with E-state index in [9.17, 15) is 9.59 Å². The van der Waals surface area contributed by atoms with Crippen LogP contribution in [-0.2, 0) is 20.9 Å². The SMILES string of the molecule is COC(=O)CC1=CC(SC(C)C(=O)NCc2ccc(C)cc2)=Nc2ccccc2N1. The van der Waals surface area contributed by atoms with E-state index >= 15 is 0 Å². The number of rotatable bonds is 6. The Labute approximate surface area is 180 Å². The molecule has 1 heterocycles. The molecule has 2 aromatic rings. The topological polar surface area (TPSA) is 79.8 Å². The molecule has 0 aromatic heterocycles. The molecule has 0 saturated carbocycles. The van der Waals surface area contributed by atoms with Gasteiger partial charge in [-0.15, -0.1) is 0 Å². The molecular weight excluding hydrogens is 398 g/mol. The number of benzene rings is 2. The molecule has 30 heavy (non-hydrogen) atoms. The van der Waals surface area contributed by atoms with Crippen molar-refractivity contribution >= 4 is 40.1 Å². The number of hydrogen-bond acceptors (Lipinski definition) is 6. The lowest BCUT2D eigenvalue weighted by atomic mass is 10.1. The van der Waals surface area contributed by atoms with Crippen molar-refractivity contribution in [2.75, 3.05) is 12.4 Å². The number of thioether (sulfide) groups is 1. The van der Waals surface area contributed by atoms with Gasteiger partial charge in [0.2, 0.25) is 5.91 Å². The Morgan fingerprint density at radius 3 is 2.63 bits per heavy atom. The molecule has 1 aliphatic rings. The molecular formula is C23H25N3O3S. The van der Waals surface area contributed by atoms with E-state index in [-0.39, 0.29) is 23.5 Å². The lowest BCUT2D eigenvalue weighted by Crippen LogP contribution is -2.31. The van der Waals surface area contributed by atoms with Crippen LogP contribution < -0.4 is 10.6 Å². The zero-order chi connectivity index (χ0) is 21.5. The number of anilines is 1. The lowest BCUT2D eigenvalue weighted by molar-refractivity contribution is -0.139. The smallest absolute Gasteiger partial charge is 0.311 e. The van der Waals surface area contributed by atoms with Gasteiger partial charge in [0, 0.05) is 12.2 Å². The molecule has 2 aromatic carbocycles. The van der Waals surface area contributed by atoms with Crippen molar-refractivity contribution in [2.24, 2.45) is 4.99 Å². The minimum atomic E-state index is -0.352. The second-order valence-electron chi connectivity index (χ2n) is 6.98. The number of aryl methyl sites for hydroxylation is 1. The fraction of sp³-hybridized carbons (Fsp3) is 0.261. The fourth-order valence-corrected chi connectivity index (χ4v) is 3.76. The fourth-order valence-electron chi connectivity index (χ4n) is 2.84. The molecule has 156 valence electrons. The first-order chi connectivity index (χ1) is 14.4. The van der Waals surface area contributed by atoms with E-state index in [1.54, 1.807) is 6.08 Å². The van der Waals surface area contributed by atoms with Gasteiger partial charge < -0.3 is 15.4 Å². The van der Waals surface area contributed by atoms with Crippen LogP contribution in [0.15, 0.2) is 65.3 Å². The van der Waals surface area contributed by atoms with Gasteiger partial charge in [0.15, 0.2) is 0 Å². The maximum atomic E-state index is 12.6. The highest BCUT2D eigenvalue weighted by Crippen LogP contribution is 2.31. The van der Waals surface area contributed by atoms with Gasteiger partial charge >= 0.3 is 5.97 Å². The van der Waals surface area contributed by atoms with Gasteiger partial charge in [0.05, 0.1) is 35.2 Å². The summed E-state index contributed by atoms with van der Waals surface area (Å²) >= 11 is 1.35. The van der Waals surface area contributed by atoms with Crippen LogP contribution in [0.4, 0.5) is 11.4 Å². The second-order valence-corrected chi connectivity index (χ2v) is 8.34. The summed E-state index contributed by atoms with van der Waals surface area (Å²) in [6.45, 7) is 4.35. The van der Waals surface area contributed by atoms with Gasteiger partial charge in [-0.2, -0.15) is 0 Å². The molecule has 1 unspecified atom stereocenters. The summed E-state index contributed by atoms with van der Waals surface area (Å²) in [5.74, 6) is -0.418. The molecule has 0 aliphatic carbocycles. The van der Waals surface area contributed by atoms with Crippen LogP contribution in [0.5, 0.6) is 0 Å². The summed E-state index contributed by atoms with van der Waals surface area (Å²) in [6, 6.07) is 15.7. The molecule has 6 nitrogen and oxygen atoms in total. The second kappa shape index (κ2) is 10.1. The number of para-hydroxylation sites is 2. The Kier molecular flexibility index (Phi) is 7.30. The van der Waals surface area contributed by atoms with Gasteiger partial charge in [-0.05, 0) is 37.6 Å². The molecule has 1 aliphatic heterocycles. The number of amides is 1. The predicted molar refractivity (Wildman–Crippen MR) is 122 cm³/mol. The van der Waals surface area contributed by atoms with Crippen LogP contribution in [0.25, 0.3) is 0 Å². The van der Waals surface area contributed by atoms with E-state index in [1.165, 1.54) is 24.4 Å². The monoisotopic (exact) mass is 423 g/mol. The summed E-state index contributed by atoms with van der Waals surface area (Å²) in [7, 11) is 1.36. The van der Waals surface area contributed by atoms with E-state index in [4.69, 9.17) is 4.74 Å². The van der Waals surface area contributed by atoms with Crippen molar-refractivity contribution < 1.29 is 14.3 Å². The number of fused-ring (bicyclic) bond motifs is 1. The van der Waals surface area contributed by atoms with Gasteiger partial charge in [0.25, 0.3) is 0 Å². The Morgan fingerprint density at radius 1 is 1.17 bits per heavy atom. The zero-order valence-electron chi connectivity index (χ0n) is 17.3. The highest BCUT2D eigenvalue weighted by molar-refractivity contribution is 8.15. The molecule has 7 heteroatoms. The number of hydrogen-bond donors (Lipinski definition) is 2. The van der Waals surface area contributed by atoms with E-state index in [2.05, 4.69) is 15.6 Å². The first kappa shape index (κ1) is 21.6. The molecule has 3 rings (SSSR count). The number of ether oxygens (including phenoxy) is 1. The Balaban J connectivity index is 1.70. The van der Waals surface area contributed by atoms with Crippen molar-refractivity contribution in [1.82, 2.24) is 5.32 Å². The van der Waals surface area contributed by atoms with Crippen molar-refractivity contribution in [1.29, 1.82) is 0 Å².